The fraction of sp³-hybridized carbons (Fsp3) is 0.0667. The van der Waals surface area contributed by atoms with E-state index in [-0.39, 0.29) is 5.75 Å². The summed E-state index contributed by atoms with van der Waals surface area (Å²) >= 11 is 3.37. The molecule has 0 radical (unpaired) electrons. The molecule has 3 aromatic rings. The van der Waals surface area contributed by atoms with Gasteiger partial charge in [-0.15, -0.1) is 0 Å². The SMILES string of the molecule is Cn1c(N=Cc2cc(Br)ccc2O)nc2ccccc21. The highest BCUT2D eigenvalue weighted by Gasteiger charge is 2.05. The molecule has 1 N–H and O–H groups in total. The first-order valence-electron chi connectivity index (χ1n) is 6.09. The number of phenolic OH excluding ortho intramolecular Hbond substituents is 1. The molecule has 1 aromatic heterocycles. The van der Waals surface area contributed by atoms with Crippen LogP contribution in [0.5, 0.6) is 5.75 Å². The van der Waals surface area contributed by atoms with Gasteiger partial charge in [0, 0.05) is 23.3 Å². The summed E-state index contributed by atoms with van der Waals surface area (Å²) in [4.78, 5) is 8.81. The molecule has 0 aliphatic carbocycles. The normalized spacial score (nSPS) is 11.5. The highest BCUT2D eigenvalue weighted by molar-refractivity contribution is 9.10. The van der Waals surface area contributed by atoms with Gasteiger partial charge in [0.15, 0.2) is 0 Å². The lowest BCUT2D eigenvalue weighted by molar-refractivity contribution is 0.474. The first kappa shape index (κ1) is 12.9. The van der Waals surface area contributed by atoms with Crippen LogP contribution in [0.4, 0.5) is 5.95 Å². The topological polar surface area (TPSA) is 50.4 Å². The van der Waals surface area contributed by atoms with Crippen LogP contribution in [-0.4, -0.2) is 20.9 Å². The minimum absolute atomic E-state index is 0.190. The number of hydrogen-bond donors (Lipinski definition) is 1. The van der Waals surface area contributed by atoms with E-state index in [4.69, 9.17) is 0 Å². The Balaban J connectivity index is 2.02. The number of phenols is 1. The van der Waals surface area contributed by atoms with E-state index in [2.05, 4.69) is 25.9 Å². The van der Waals surface area contributed by atoms with Crippen LogP contribution in [0.1, 0.15) is 5.56 Å². The van der Waals surface area contributed by atoms with Gasteiger partial charge >= 0.3 is 0 Å². The number of para-hydroxylation sites is 2. The molecule has 2 aromatic carbocycles. The number of aliphatic imine (C=N–C) groups is 1. The van der Waals surface area contributed by atoms with Crippen molar-refractivity contribution < 1.29 is 5.11 Å². The predicted molar refractivity (Wildman–Crippen MR) is 83.8 cm³/mol. The number of aromatic hydroxyl groups is 1. The van der Waals surface area contributed by atoms with Gasteiger partial charge in [-0.3, -0.25) is 0 Å². The summed E-state index contributed by atoms with van der Waals surface area (Å²) in [5.74, 6) is 0.793. The molecule has 0 unspecified atom stereocenters. The molecule has 0 fully saturated rings. The van der Waals surface area contributed by atoms with E-state index in [1.165, 1.54) is 0 Å². The van der Waals surface area contributed by atoms with Gasteiger partial charge < -0.3 is 9.67 Å². The lowest BCUT2D eigenvalue weighted by Gasteiger charge is -1.99. The molecule has 0 saturated heterocycles. The summed E-state index contributed by atoms with van der Waals surface area (Å²) in [5, 5.41) is 9.78. The van der Waals surface area contributed by atoms with Gasteiger partial charge in [0.25, 0.3) is 0 Å². The zero-order valence-electron chi connectivity index (χ0n) is 10.8. The van der Waals surface area contributed by atoms with Crippen molar-refractivity contribution in [2.24, 2.45) is 12.0 Å². The van der Waals surface area contributed by atoms with Crippen LogP contribution in [0.15, 0.2) is 51.9 Å². The number of imidazole rings is 1. The van der Waals surface area contributed by atoms with E-state index in [9.17, 15) is 5.11 Å². The summed E-state index contributed by atoms with van der Waals surface area (Å²) in [6, 6.07) is 13.1. The van der Waals surface area contributed by atoms with Crippen molar-refractivity contribution >= 4 is 39.1 Å². The van der Waals surface area contributed by atoms with Crippen molar-refractivity contribution in [3.05, 3.63) is 52.5 Å². The lowest BCUT2D eigenvalue weighted by atomic mass is 10.2. The van der Waals surface area contributed by atoms with E-state index in [0.29, 0.717) is 11.5 Å². The van der Waals surface area contributed by atoms with Crippen molar-refractivity contribution in [2.75, 3.05) is 0 Å². The molecule has 5 heteroatoms. The van der Waals surface area contributed by atoms with Crippen LogP contribution in [-0.2, 0) is 7.05 Å². The van der Waals surface area contributed by atoms with E-state index >= 15 is 0 Å². The summed E-state index contributed by atoms with van der Waals surface area (Å²) in [5.41, 5.74) is 2.57. The Morgan fingerprint density at radius 3 is 2.85 bits per heavy atom. The number of hydrogen-bond acceptors (Lipinski definition) is 3. The maximum atomic E-state index is 9.78. The maximum absolute atomic E-state index is 9.78. The van der Waals surface area contributed by atoms with Gasteiger partial charge in [-0.1, -0.05) is 28.1 Å². The fourth-order valence-electron chi connectivity index (χ4n) is 2.00. The second-order valence-corrected chi connectivity index (χ2v) is 5.34. The third-order valence-electron chi connectivity index (χ3n) is 3.07. The molecule has 4 nitrogen and oxygen atoms in total. The number of halogens is 1. The number of fused-ring (bicyclic) bond motifs is 1. The molecule has 100 valence electrons. The van der Waals surface area contributed by atoms with Crippen LogP contribution >= 0.6 is 15.9 Å². The van der Waals surface area contributed by atoms with E-state index in [1.807, 2.05) is 41.9 Å². The Bertz CT molecular complexity index is 808. The van der Waals surface area contributed by atoms with E-state index in [0.717, 1.165) is 15.5 Å². The third-order valence-corrected chi connectivity index (χ3v) is 3.57. The summed E-state index contributed by atoms with van der Waals surface area (Å²) < 4.78 is 2.81. The van der Waals surface area contributed by atoms with Crippen LogP contribution in [0, 0.1) is 0 Å². The predicted octanol–water partition coefficient (Wildman–Crippen LogP) is 3.79. The van der Waals surface area contributed by atoms with Gasteiger partial charge in [-0.05, 0) is 30.3 Å². The van der Waals surface area contributed by atoms with Crippen LogP contribution in [0.3, 0.4) is 0 Å². The standard InChI is InChI=1S/C15H12BrN3O/c1-19-13-5-3-2-4-12(13)18-15(19)17-9-10-8-11(16)6-7-14(10)20/h2-9,20H,1H3. The molecule has 0 aliphatic heterocycles. The highest BCUT2D eigenvalue weighted by Crippen LogP contribution is 2.23. The maximum Gasteiger partial charge on any atom is 0.230 e. The Morgan fingerprint density at radius 1 is 1.25 bits per heavy atom. The first-order valence-corrected chi connectivity index (χ1v) is 6.88. The van der Waals surface area contributed by atoms with E-state index in [1.54, 1.807) is 18.3 Å². The molecule has 0 amide bonds. The number of aryl methyl sites for hydroxylation is 1. The Hall–Kier alpha value is -2.14. The number of aromatic nitrogens is 2. The molecule has 0 bridgehead atoms. The molecule has 0 atom stereocenters. The molecule has 0 aliphatic rings. The summed E-state index contributed by atoms with van der Waals surface area (Å²) in [6.07, 6.45) is 1.61. The van der Waals surface area contributed by atoms with Gasteiger partial charge in [0.2, 0.25) is 5.95 Å². The van der Waals surface area contributed by atoms with Crippen molar-refractivity contribution in [3.63, 3.8) is 0 Å². The lowest BCUT2D eigenvalue weighted by Crippen LogP contribution is -1.88. The molecule has 0 spiro atoms. The Kier molecular flexibility index (Phi) is 3.28. The Labute approximate surface area is 124 Å². The minimum Gasteiger partial charge on any atom is -0.507 e. The Morgan fingerprint density at radius 2 is 2.05 bits per heavy atom. The van der Waals surface area contributed by atoms with Crippen molar-refractivity contribution in [3.8, 4) is 5.75 Å². The first-order chi connectivity index (χ1) is 9.65. The highest BCUT2D eigenvalue weighted by atomic mass is 79.9. The third kappa shape index (κ3) is 2.32. The van der Waals surface area contributed by atoms with E-state index < -0.39 is 0 Å². The quantitative estimate of drug-likeness (QED) is 0.727. The van der Waals surface area contributed by atoms with Crippen LogP contribution in [0.2, 0.25) is 0 Å². The second kappa shape index (κ2) is 5.09. The molecular weight excluding hydrogens is 318 g/mol. The molecule has 20 heavy (non-hydrogen) atoms. The van der Waals surface area contributed by atoms with Crippen molar-refractivity contribution in [1.29, 1.82) is 0 Å². The number of benzene rings is 2. The second-order valence-electron chi connectivity index (χ2n) is 4.42. The largest absolute Gasteiger partial charge is 0.507 e. The smallest absolute Gasteiger partial charge is 0.230 e. The summed E-state index contributed by atoms with van der Waals surface area (Å²) in [6.45, 7) is 0. The van der Waals surface area contributed by atoms with Crippen LogP contribution < -0.4 is 0 Å². The van der Waals surface area contributed by atoms with Crippen molar-refractivity contribution in [1.82, 2.24) is 9.55 Å². The average Bonchev–Trinajstić information content (AvgIpc) is 2.77. The van der Waals surface area contributed by atoms with Gasteiger partial charge in [0.1, 0.15) is 5.75 Å². The molecule has 0 saturated carbocycles. The van der Waals surface area contributed by atoms with Crippen LogP contribution in [0.25, 0.3) is 11.0 Å². The summed E-state index contributed by atoms with van der Waals surface area (Å²) in [7, 11) is 1.92. The molecule has 1 heterocycles. The van der Waals surface area contributed by atoms with Crippen molar-refractivity contribution in [2.45, 2.75) is 0 Å². The number of nitrogens with zero attached hydrogens (tertiary/aromatic N) is 3. The monoisotopic (exact) mass is 329 g/mol. The zero-order chi connectivity index (χ0) is 14.1. The fourth-order valence-corrected chi connectivity index (χ4v) is 2.38. The zero-order valence-corrected chi connectivity index (χ0v) is 12.4. The van der Waals surface area contributed by atoms with Gasteiger partial charge in [-0.25, -0.2) is 9.98 Å². The molecular formula is C15H12BrN3O. The number of rotatable bonds is 2. The molecule has 3 rings (SSSR count). The van der Waals surface area contributed by atoms with Gasteiger partial charge in [-0.2, -0.15) is 0 Å². The minimum atomic E-state index is 0.190. The average molecular weight is 330 g/mol. The van der Waals surface area contributed by atoms with Gasteiger partial charge in [0.05, 0.1) is 11.0 Å².